The number of unbranched alkanes of at least 4 members (excludes halogenated alkanes) is 1. The molecule has 0 aromatic carbocycles. The van der Waals surface area contributed by atoms with Crippen LogP contribution in [-0.4, -0.2) is 29.0 Å². The zero-order chi connectivity index (χ0) is 11.4. The third-order valence-corrected chi connectivity index (χ3v) is 3.62. The lowest BCUT2D eigenvalue weighted by atomic mass is 10.3. The monoisotopic (exact) mass is 240 g/mol. The highest BCUT2D eigenvalue weighted by Crippen LogP contribution is 2.39. The highest BCUT2D eigenvalue weighted by atomic mass is 32.1. The molecule has 1 aliphatic carbocycles. The van der Waals surface area contributed by atoms with Gasteiger partial charge in [0.15, 0.2) is 0 Å². The largest absolute Gasteiger partial charge is 0.346 e. The molecule has 16 heavy (non-hydrogen) atoms. The third kappa shape index (κ3) is 2.92. The second-order valence-corrected chi connectivity index (χ2v) is 5.07. The predicted molar refractivity (Wildman–Crippen MR) is 68.1 cm³/mol. The maximum atomic E-state index is 5.63. The fourth-order valence-corrected chi connectivity index (χ4v) is 2.47. The second-order valence-electron chi connectivity index (χ2n) is 4.34. The summed E-state index contributed by atoms with van der Waals surface area (Å²) < 4.78 is 4.44. The van der Waals surface area contributed by atoms with E-state index in [0.717, 1.165) is 24.0 Å². The highest BCUT2D eigenvalue weighted by molar-refractivity contribution is 7.09. The van der Waals surface area contributed by atoms with Gasteiger partial charge in [-0.1, -0.05) is 13.3 Å². The molecule has 1 aliphatic rings. The van der Waals surface area contributed by atoms with Crippen LogP contribution in [0, 0.1) is 0 Å². The molecule has 0 atom stereocenters. The Morgan fingerprint density at radius 2 is 2.25 bits per heavy atom. The van der Waals surface area contributed by atoms with Gasteiger partial charge in [-0.25, -0.2) is 4.98 Å². The van der Waals surface area contributed by atoms with Crippen LogP contribution in [0.3, 0.4) is 0 Å². The van der Waals surface area contributed by atoms with Gasteiger partial charge in [-0.05, 0) is 19.3 Å². The van der Waals surface area contributed by atoms with Crippen LogP contribution in [-0.2, 0) is 0 Å². The Morgan fingerprint density at radius 1 is 1.44 bits per heavy atom. The minimum atomic E-state index is 0.649. The molecule has 0 bridgehead atoms. The summed E-state index contributed by atoms with van der Waals surface area (Å²) in [4.78, 5) is 6.89. The summed E-state index contributed by atoms with van der Waals surface area (Å²) in [7, 11) is 0. The fraction of sp³-hybridized carbons (Fsp3) is 0.818. The molecule has 5 heteroatoms. The Balaban J connectivity index is 1.98. The van der Waals surface area contributed by atoms with Gasteiger partial charge in [0.1, 0.15) is 5.82 Å². The van der Waals surface area contributed by atoms with E-state index in [9.17, 15) is 0 Å². The number of hydrogen-bond acceptors (Lipinski definition) is 5. The topological polar surface area (TPSA) is 55.0 Å². The van der Waals surface area contributed by atoms with Crippen molar-refractivity contribution >= 4 is 16.7 Å². The highest BCUT2D eigenvalue weighted by Gasteiger charge is 2.28. The van der Waals surface area contributed by atoms with E-state index in [-0.39, 0.29) is 0 Å². The maximum absolute atomic E-state index is 5.63. The van der Waals surface area contributed by atoms with Crippen molar-refractivity contribution in [2.75, 3.05) is 24.5 Å². The van der Waals surface area contributed by atoms with E-state index in [4.69, 9.17) is 5.73 Å². The molecule has 0 radical (unpaired) electrons. The summed E-state index contributed by atoms with van der Waals surface area (Å²) in [5.41, 5.74) is 5.63. The van der Waals surface area contributed by atoms with E-state index < -0.39 is 0 Å². The number of aromatic nitrogens is 2. The van der Waals surface area contributed by atoms with E-state index >= 15 is 0 Å². The van der Waals surface area contributed by atoms with Gasteiger partial charge >= 0.3 is 0 Å². The molecule has 1 fully saturated rings. The van der Waals surface area contributed by atoms with Gasteiger partial charge in [0, 0.05) is 37.1 Å². The standard InChI is InChI=1S/C11H20N4S/c1-2-3-7-15(8-6-12)11-13-10(14-16-11)9-4-5-9/h9H,2-8,12H2,1H3. The molecule has 1 aromatic rings. The summed E-state index contributed by atoms with van der Waals surface area (Å²) in [5, 5.41) is 1.06. The molecular formula is C11H20N4S. The normalized spacial score (nSPS) is 15.4. The molecule has 1 aromatic heterocycles. The maximum Gasteiger partial charge on any atom is 0.205 e. The molecule has 0 saturated heterocycles. The minimum absolute atomic E-state index is 0.649. The molecule has 1 heterocycles. The first-order valence-electron chi connectivity index (χ1n) is 6.13. The smallest absolute Gasteiger partial charge is 0.205 e. The Morgan fingerprint density at radius 3 is 2.88 bits per heavy atom. The number of nitrogens with zero attached hydrogens (tertiary/aromatic N) is 3. The van der Waals surface area contributed by atoms with E-state index in [2.05, 4.69) is 21.2 Å². The van der Waals surface area contributed by atoms with Crippen molar-refractivity contribution in [1.82, 2.24) is 9.36 Å². The zero-order valence-corrected chi connectivity index (χ0v) is 10.7. The average molecular weight is 240 g/mol. The van der Waals surface area contributed by atoms with Crippen molar-refractivity contribution in [3.8, 4) is 0 Å². The quantitative estimate of drug-likeness (QED) is 0.792. The van der Waals surface area contributed by atoms with Crippen LogP contribution >= 0.6 is 11.5 Å². The molecular weight excluding hydrogens is 220 g/mol. The fourth-order valence-electron chi connectivity index (χ4n) is 1.67. The molecule has 1 saturated carbocycles. The first-order chi connectivity index (χ1) is 7.85. The Kier molecular flexibility index (Phi) is 4.12. The van der Waals surface area contributed by atoms with Crippen molar-refractivity contribution in [1.29, 1.82) is 0 Å². The predicted octanol–water partition coefficient (Wildman–Crippen LogP) is 1.98. The third-order valence-electron chi connectivity index (χ3n) is 2.82. The van der Waals surface area contributed by atoms with Gasteiger partial charge < -0.3 is 10.6 Å². The van der Waals surface area contributed by atoms with Crippen LogP contribution in [0.2, 0.25) is 0 Å². The SMILES string of the molecule is CCCCN(CCN)c1nc(C2CC2)ns1. The van der Waals surface area contributed by atoms with Gasteiger partial charge in [-0.15, -0.1) is 0 Å². The number of hydrogen-bond donors (Lipinski definition) is 1. The van der Waals surface area contributed by atoms with E-state index in [1.165, 1.54) is 37.2 Å². The van der Waals surface area contributed by atoms with Crippen molar-refractivity contribution in [3.63, 3.8) is 0 Å². The molecule has 0 unspecified atom stereocenters. The van der Waals surface area contributed by atoms with Crippen LogP contribution in [0.1, 0.15) is 44.3 Å². The Labute approximate surface area is 101 Å². The molecule has 2 rings (SSSR count). The van der Waals surface area contributed by atoms with Crippen molar-refractivity contribution in [2.24, 2.45) is 5.73 Å². The summed E-state index contributed by atoms with van der Waals surface area (Å²) in [6.07, 6.45) is 4.93. The first kappa shape index (κ1) is 11.8. The number of rotatable bonds is 7. The van der Waals surface area contributed by atoms with Crippen LogP contribution in [0.15, 0.2) is 0 Å². The van der Waals surface area contributed by atoms with Gasteiger partial charge in [0.2, 0.25) is 5.13 Å². The van der Waals surface area contributed by atoms with E-state index in [1.807, 2.05) is 0 Å². The molecule has 0 spiro atoms. The molecule has 2 N–H and O–H groups in total. The first-order valence-corrected chi connectivity index (χ1v) is 6.91. The molecule has 90 valence electrons. The van der Waals surface area contributed by atoms with Gasteiger partial charge in [-0.3, -0.25) is 0 Å². The molecule has 4 nitrogen and oxygen atoms in total. The van der Waals surface area contributed by atoms with Crippen molar-refractivity contribution < 1.29 is 0 Å². The van der Waals surface area contributed by atoms with Crippen LogP contribution in [0.5, 0.6) is 0 Å². The van der Waals surface area contributed by atoms with Gasteiger partial charge in [0.05, 0.1) is 0 Å². The molecule has 0 amide bonds. The zero-order valence-electron chi connectivity index (χ0n) is 9.85. The lowest BCUT2D eigenvalue weighted by Crippen LogP contribution is -2.30. The molecule has 0 aliphatic heterocycles. The summed E-state index contributed by atoms with van der Waals surface area (Å²) in [5.74, 6) is 1.70. The Bertz CT molecular complexity index is 322. The van der Waals surface area contributed by atoms with E-state index in [0.29, 0.717) is 12.5 Å². The van der Waals surface area contributed by atoms with Gasteiger partial charge in [-0.2, -0.15) is 4.37 Å². The summed E-state index contributed by atoms with van der Waals surface area (Å²) >= 11 is 1.53. The van der Waals surface area contributed by atoms with Crippen molar-refractivity contribution in [2.45, 2.75) is 38.5 Å². The minimum Gasteiger partial charge on any atom is -0.346 e. The number of nitrogens with two attached hydrogens (primary N) is 1. The number of anilines is 1. The Hall–Kier alpha value is -0.680. The second kappa shape index (κ2) is 5.59. The average Bonchev–Trinajstić information content (AvgIpc) is 3.03. The summed E-state index contributed by atoms with van der Waals surface area (Å²) in [6.45, 7) is 4.82. The summed E-state index contributed by atoms with van der Waals surface area (Å²) in [6, 6.07) is 0. The van der Waals surface area contributed by atoms with Crippen LogP contribution < -0.4 is 10.6 Å². The van der Waals surface area contributed by atoms with E-state index in [1.54, 1.807) is 0 Å². The van der Waals surface area contributed by atoms with Crippen molar-refractivity contribution in [3.05, 3.63) is 5.82 Å². The lowest BCUT2D eigenvalue weighted by Gasteiger charge is -2.19. The lowest BCUT2D eigenvalue weighted by molar-refractivity contribution is 0.712. The van der Waals surface area contributed by atoms with Crippen LogP contribution in [0.4, 0.5) is 5.13 Å². The van der Waals surface area contributed by atoms with Gasteiger partial charge in [0.25, 0.3) is 0 Å². The van der Waals surface area contributed by atoms with Crippen LogP contribution in [0.25, 0.3) is 0 Å².